The summed E-state index contributed by atoms with van der Waals surface area (Å²) in [5.74, 6) is 0.505. The summed E-state index contributed by atoms with van der Waals surface area (Å²) in [5, 5.41) is 9.59. The molecule has 103 heavy (non-hydrogen) atoms. The number of ether oxygens (including phenoxy) is 1. The van der Waals surface area contributed by atoms with Crippen molar-refractivity contribution in [2.45, 2.75) is 492 Å². The van der Waals surface area contributed by atoms with Gasteiger partial charge < -0.3 is 31.5 Å². The van der Waals surface area contributed by atoms with E-state index in [1.54, 1.807) is 0 Å². The Hall–Kier alpha value is -0.208. The number of nitriles is 1. The third-order valence-corrected chi connectivity index (χ3v) is 19.2. The van der Waals surface area contributed by atoms with Crippen molar-refractivity contribution in [2.75, 3.05) is 18.5 Å². The number of carbonyl (C=O) groups excluding carboxylic acids is 1. The number of carbonyl (C=O) groups is 1. The van der Waals surface area contributed by atoms with E-state index in [1.807, 2.05) is 13.8 Å². The molecule has 0 saturated carbocycles. The number of halogens is 2. The largest absolute Gasteiger partial charge is 2.00 e. The summed E-state index contributed by atoms with van der Waals surface area (Å²) in [7, 11) is 0. The Morgan fingerprint density at radius 2 is 0.505 bits per heavy atom. The van der Waals surface area contributed by atoms with Gasteiger partial charge >= 0.3 is 47.5 Å². The fraction of sp³-hybridized carbons (Fsp3) is 0.823. The predicted molar refractivity (Wildman–Crippen MR) is 478 cm³/mol. The van der Waals surface area contributed by atoms with E-state index < -0.39 is 0 Å². The van der Waals surface area contributed by atoms with E-state index >= 15 is 0 Å². The molecule has 0 rings (SSSR count). The molecule has 0 aromatic heterocycles. The summed E-state index contributed by atoms with van der Waals surface area (Å²) in [4.78, 5) is 12.1. The van der Waals surface area contributed by atoms with E-state index in [-0.39, 0.29) is 67.4 Å². The number of hydrogen-bond donors (Lipinski definition) is 0. The molecule has 0 amide bonds. The number of alkyl halides is 1. The van der Waals surface area contributed by atoms with Crippen molar-refractivity contribution in [2.24, 2.45) is 0 Å². The van der Waals surface area contributed by atoms with Crippen LogP contribution in [-0.2, 0) is 9.53 Å². The van der Waals surface area contributed by atoms with Crippen LogP contribution in [0.4, 0.5) is 0 Å². The molecular formula is C96H184Br2Mg2NO2+. The SMILES string of the molecule is CCCCC/C=C\C/C=C\CCCCCCCCC#N.CCCCC/C=C\C/C=C\CCCCCCCCC(=O)CCCCCCCC/C=C\CCCCCCCC.CCCCCCCC/C=C\CCCCCCCCBr.CCOCC.[Br-].[CH2-]CCCCCCC/C=C\CCCCCCCC.[H+].[H-].[H-].[Mg+2].[Mg+2]. The van der Waals surface area contributed by atoms with Gasteiger partial charge in [-0.2, -0.15) is 11.7 Å². The number of rotatable bonds is 76. The predicted octanol–water partition coefficient (Wildman–Crippen LogP) is 31.8. The third kappa shape index (κ3) is 138. The van der Waals surface area contributed by atoms with E-state index in [2.05, 4.69) is 149 Å². The van der Waals surface area contributed by atoms with Crippen LogP contribution in [0.3, 0.4) is 0 Å². The summed E-state index contributed by atoms with van der Waals surface area (Å²) < 4.78 is 4.83. The van der Waals surface area contributed by atoms with Gasteiger partial charge in [0.1, 0.15) is 5.78 Å². The molecule has 0 spiro atoms. The van der Waals surface area contributed by atoms with Gasteiger partial charge in [-0.1, -0.05) is 386 Å². The molecule has 0 aliphatic heterocycles. The van der Waals surface area contributed by atoms with Crippen LogP contribution in [0, 0.1) is 18.3 Å². The third-order valence-electron chi connectivity index (χ3n) is 18.7. The molecule has 0 fully saturated rings. The topological polar surface area (TPSA) is 50.1 Å². The summed E-state index contributed by atoms with van der Waals surface area (Å²) in [5.41, 5.74) is 0. The summed E-state index contributed by atoms with van der Waals surface area (Å²) in [6.07, 6.45) is 123. The number of nitrogens with zero attached hydrogens (tertiary/aromatic N) is 1. The monoisotopic (exact) mass is 1590 g/mol. The molecule has 0 aliphatic carbocycles. The van der Waals surface area contributed by atoms with Gasteiger partial charge in [-0.25, -0.2) is 0 Å². The molecule has 0 N–H and O–H groups in total. The second kappa shape index (κ2) is 125. The van der Waals surface area contributed by atoms with Gasteiger partial charge in [0.2, 0.25) is 0 Å². The van der Waals surface area contributed by atoms with Crippen molar-refractivity contribution in [3.05, 3.63) is 92.0 Å². The van der Waals surface area contributed by atoms with Gasteiger partial charge in [-0.3, -0.25) is 4.79 Å². The van der Waals surface area contributed by atoms with Crippen molar-refractivity contribution >= 4 is 67.8 Å². The second-order valence-electron chi connectivity index (χ2n) is 28.9. The fourth-order valence-corrected chi connectivity index (χ4v) is 12.4. The van der Waals surface area contributed by atoms with Crippen molar-refractivity contribution in [1.82, 2.24) is 0 Å². The maximum atomic E-state index is 12.1. The molecule has 3 nitrogen and oxygen atoms in total. The molecule has 0 unspecified atom stereocenters. The molecule has 0 heterocycles. The summed E-state index contributed by atoms with van der Waals surface area (Å²) in [6.45, 7) is 20.9. The Balaban J connectivity index is -0.000000127. The molecule has 0 atom stereocenters. The zero-order valence-corrected chi connectivity index (χ0v) is 77.1. The standard InChI is InChI=1S/C37H68O.C19H33N.C18H35Br.C18H35.C4H10O.BrH.2Mg.2H/c1-3-5-7-9-11-13-15-17-19-21-23-25-27-29-31-33-35-37(38)36-34-32-30-28-26-24-22-20-18-16-14-12-10-8-6-4-2;1-2-3-4-5-6-7-8-9-10-11-12-13-14-15-16-17-18-19-20;1-2-3-4-5-6-7-8-9-10-11-12-13-14-15-16-17-18-19;1-3-5-7-9-11-13-15-17-18-16-14-12-10-8-6-4-2;1-3-5-4-2;;;;;/h11,13,17-20H,3-10,12,14-16,21-36H2,1-2H3;6-7,9-10H,2-5,8,11-18H2,1H3;9-10H,2-8,11-18H2,1H3;17-18H,1,3-16H2,2H3;3-4H2,1-2H3;1H;;;;/q;;;-1;;;2*+2;2*-1/b13-11-,19-17-,20-18-;7-6-,10-9-;10-9-;18-17-;;;;;;. The van der Waals surface area contributed by atoms with Crippen molar-refractivity contribution in [3.8, 4) is 6.07 Å². The van der Waals surface area contributed by atoms with Crippen LogP contribution in [0.15, 0.2) is 85.1 Å². The molecular weight excluding hydrogens is 1410 g/mol. The van der Waals surface area contributed by atoms with E-state index in [4.69, 9.17) is 10.00 Å². The van der Waals surface area contributed by atoms with Crippen LogP contribution in [-0.4, -0.2) is 70.4 Å². The maximum absolute atomic E-state index is 12.1. The number of ketones is 1. The van der Waals surface area contributed by atoms with Crippen molar-refractivity contribution in [1.29, 1.82) is 5.26 Å². The van der Waals surface area contributed by atoms with Gasteiger partial charge in [0.05, 0.1) is 6.07 Å². The van der Waals surface area contributed by atoms with Crippen LogP contribution in [0.5, 0.6) is 0 Å². The molecule has 602 valence electrons. The van der Waals surface area contributed by atoms with Gasteiger partial charge in [0.15, 0.2) is 0 Å². The summed E-state index contributed by atoms with van der Waals surface area (Å²) >= 11 is 3.48. The van der Waals surface area contributed by atoms with Gasteiger partial charge in [-0.15, -0.1) is 0 Å². The first-order valence-electron chi connectivity index (χ1n) is 44.8. The Morgan fingerprint density at radius 3 is 0.728 bits per heavy atom. The fourth-order valence-electron chi connectivity index (χ4n) is 12.0. The Morgan fingerprint density at radius 1 is 0.311 bits per heavy atom. The molecule has 0 radical (unpaired) electrons. The smallest absolute Gasteiger partial charge is 1.00 e. The van der Waals surface area contributed by atoms with Crippen molar-refractivity contribution < 1.29 is 30.8 Å². The molecule has 0 bridgehead atoms. The first-order chi connectivity index (χ1) is 49.5. The van der Waals surface area contributed by atoms with Crippen LogP contribution in [0.25, 0.3) is 0 Å². The average molecular weight is 1590 g/mol. The number of allylic oxidation sites excluding steroid dienone is 14. The molecule has 0 aliphatic rings. The Bertz CT molecular complexity index is 1670. The Labute approximate surface area is 706 Å². The number of Topliss-reactive ketones (excluding diaryl/α,β-unsaturated/α-hetero) is 1. The normalized spacial score (nSPS) is 11.2. The molecule has 0 aromatic carbocycles. The average Bonchev–Trinajstić information content (AvgIpc) is 2.99. The zero-order valence-electron chi connectivity index (χ0n) is 74.1. The Kier molecular flexibility index (Phi) is 144. The van der Waals surface area contributed by atoms with Crippen molar-refractivity contribution in [3.63, 3.8) is 0 Å². The first-order valence-corrected chi connectivity index (χ1v) is 46.0. The van der Waals surface area contributed by atoms with E-state index in [0.717, 1.165) is 71.0 Å². The van der Waals surface area contributed by atoms with Gasteiger partial charge in [0, 0.05) is 37.8 Å². The quantitative estimate of drug-likeness (QED) is 0.0200. The maximum Gasteiger partial charge on any atom is 2.00 e. The van der Waals surface area contributed by atoms with Crippen LogP contribution < -0.4 is 17.0 Å². The number of hydrogen-bond acceptors (Lipinski definition) is 3. The minimum Gasteiger partial charge on any atom is -1.00 e. The molecule has 0 aromatic rings. The molecule has 0 saturated heterocycles. The van der Waals surface area contributed by atoms with Crippen LogP contribution >= 0.6 is 15.9 Å². The van der Waals surface area contributed by atoms with E-state index in [9.17, 15) is 4.79 Å². The van der Waals surface area contributed by atoms with Crippen LogP contribution in [0.1, 0.15) is 496 Å². The molecule has 7 heteroatoms. The summed E-state index contributed by atoms with van der Waals surface area (Å²) in [6, 6.07) is 2.20. The minimum absolute atomic E-state index is 0. The minimum atomic E-state index is 0. The van der Waals surface area contributed by atoms with Gasteiger partial charge in [-0.05, 0) is 181 Å². The van der Waals surface area contributed by atoms with E-state index in [1.165, 1.54) is 391 Å². The van der Waals surface area contributed by atoms with Gasteiger partial charge in [0.25, 0.3) is 0 Å². The second-order valence-corrected chi connectivity index (χ2v) is 29.7. The van der Waals surface area contributed by atoms with Crippen LogP contribution in [0.2, 0.25) is 0 Å². The number of unbranched alkanes of at least 4 members (excludes halogenated alkanes) is 55. The zero-order chi connectivity index (χ0) is 73.8. The van der Waals surface area contributed by atoms with E-state index in [0.29, 0.717) is 5.78 Å². The first kappa shape index (κ1) is 119.